The number of nitrogens with one attached hydrogen (secondary N) is 1. The molecule has 116 valence electrons. The lowest BCUT2D eigenvalue weighted by Crippen LogP contribution is -2.18. The molecule has 6 heteroatoms. The van der Waals surface area contributed by atoms with E-state index >= 15 is 0 Å². The molecule has 0 aliphatic carbocycles. The Labute approximate surface area is 129 Å². The molecule has 0 heterocycles. The molecule has 1 rings (SSSR count). The summed E-state index contributed by atoms with van der Waals surface area (Å²) in [5.41, 5.74) is 1.70. The number of hydrogen-bond acceptors (Lipinski definition) is 5. The van der Waals surface area contributed by atoms with E-state index in [1.807, 2.05) is 25.1 Å². The van der Waals surface area contributed by atoms with E-state index < -0.39 is 0 Å². The van der Waals surface area contributed by atoms with E-state index in [1.165, 1.54) is 18.9 Å². The summed E-state index contributed by atoms with van der Waals surface area (Å²) in [5, 5.41) is 2.82. The van der Waals surface area contributed by atoms with Crippen LogP contribution in [0.2, 0.25) is 0 Å². The van der Waals surface area contributed by atoms with Crippen molar-refractivity contribution in [2.75, 3.05) is 31.0 Å². The van der Waals surface area contributed by atoms with Crippen LogP contribution in [0.1, 0.15) is 12.5 Å². The standard InChI is InChI=1S/C15H21NO4S/c1-10-5-6-13(19-3)12(7-10)16-14(17)9-21-8-11(2)15(18)20-4/h5-7,11H,8-9H2,1-4H3,(H,16,17). The highest BCUT2D eigenvalue weighted by molar-refractivity contribution is 8.00. The van der Waals surface area contributed by atoms with E-state index in [-0.39, 0.29) is 23.5 Å². The molecule has 0 bridgehead atoms. The van der Waals surface area contributed by atoms with Crippen LogP contribution in [0.5, 0.6) is 5.75 Å². The van der Waals surface area contributed by atoms with Gasteiger partial charge < -0.3 is 14.8 Å². The number of ether oxygens (including phenoxy) is 2. The molecule has 0 aliphatic rings. The van der Waals surface area contributed by atoms with E-state index in [0.29, 0.717) is 17.2 Å². The summed E-state index contributed by atoms with van der Waals surface area (Å²) in [4.78, 5) is 23.2. The molecule has 1 amide bonds. The summed E-state index contributed by atoms with van der Waals surface area (Å²) >= 11 is 1.40. The monoisotopic (exact) mass is 311 g/mol. The molecule has 0 saturated carbocycles. The van der Waals surface area contributed by atoms with Gasteiger partial charge in [-0.05, 0) is 24.6 Å². The molecule has 0 radical (unpaired) electrons. The topological polar surface area (TPSA) is 64.6 Å². The molecular formula is C15H21NO4S. The van der Waals surface area contributed by atoms with Gasteiger partial charge in [0.15, 0.2) is 0 Å². The zero-order valence-corrected chi connectivity index (χ0v) is 13.6. The summed E-state index contributed by atoms with van der Waals surface area (Å²) in [6, 6.07) is 5.59. The fraction of sp³-hybridized carbons (Fsp3) is 0.467. The molecule has 21 heavy (non-hydrogen) atoms. The Morgan fingerprint density at radius 3 is 2.67 bits per heavy atom. The molecular weight excluding hydrogens is 290 g/mol. The van der Waals surface area contributed by atoms with Crippen molar-refractivity contribution in [3.63, 3.8) is 0 Å². The molecule has 1 aromatic carbocycles. The van der Waals surface area contributed by atoms with Crippen LogP contribution in [0, 0.1) is 12.8 Å². The van der Waals surface area contributed by atoms with Crippen molar-refractivity contribution >= 4 is 29.3 Å². The summed E-state index contributed by atoms with van der Waals surface area (Å²) < 4.78 is 9.85. The second kappa shape index (κ2) is 8.56. The number of carbonyl (C=O) groups excluding carboxylic acids is 2. The summed E-state index contributed by atoms with van der Waals surface area (Å²) in [5.74, 6) is 0.844. The van der Waals surface area contributed by atoms with E-state index in [4.69, 9.17) is 4.74 Å². The maximum absolute atomic E-state index is 11.9. The van der Waals surface area contributed by atoms with Gasteiger partial charge in [-0.1, -0.05) is 13.0 Å². The highest BCUT2D eigenvalue weighted by Gasteiger charge is 2.14. The Morgan fingerprint density at radius 1 is 1.33 bits per heavy atom. The van der Waals surface area contributed by atoms with Crippen LogP contribution < -0.4 is 10.1 Å². The van der Waals surface area contributed by atoms with E-state index in [0.717, 1.165) is 5.56 Å². The van der Waals surface area contributed by atoms with Crippen molar-refractivity contribution in [1.29, 1.82) is 0 Å². The van der Waals surface area contributed by atoms with Crippen molar-refractivity contribution in [3.05, 3.63) is 23.8 Å². The van der Waals surface area contributed by atoms with Gasteiger partial charge in [-0.15, -0.1) is 0 Å². The third-order valence-corrected chi connectivity index (χ3v) is 4.04. The maximum atomic E-state index is 11.9. The second-order valence-corrected chi connectivity index (χ2v) is 5.72. The lowest BCUT2D eigenvalue weighted by Gasteiger charge is -2.11. The molecule has 0 fully saturated rings. The molecule has 5 nitrogen and oxygen atoms in total. The minimum Gasteiger partial charge on any atom is -0.495 e. The number of benzene rings is 1. The molecule has 0 aromatic heterocycles. The van der Waals surface area contributed by atoms with Crippen molar-refractivity contribution in [1.82, 2.24) is 0 Å². The third kappa shape index (κ3) is 5.67. The summed E-state index contributed by atoms with van der Waals surface area (Å²) in [7, 11) is 2.92. The van der Waals surface area contributed by atoms with E-state index in [2.05, 4.69) is 10.1 Å². The number of esters is 1. The summed E-state index contributed by atoms with van der Waals surface area (Å²) in [6.07, 6.45) is 0. The second-order valence-electron chi connectivity index (χ2n) is 4.69. The first kappa shape index (κ1) is 17.4. The first-order valence-electron chi connectivity index (χ1n) is 6.58. The van der Waals surface area contributed by atoms with Crippen molar-refractivity contribution in [2.24, 2.45) is 5.92 Å². The lowest BCUT2D eigenvalue weighted by molar-refractivity contribution is -0.144. The normalized spacial score (nSPS) is 11.6. The summed E-state index contributed by atoms with van der Waals surface area (Å²) in [6.45, 7) is 3.72. The average Bonchev–Trinajstić information content (AvgIpc) is 2.46. The van der Waals surface area contributed by atoms with Gasteiger partial charge in [-0.25, -0.2) is 0 Å². The highest BCUT2D eigenvalue weighted by Crippen LogP contribution is 2.25. The largest absolute Gasteiger partial charge is 0.495 e. The van der Waals surface area contributed by atoms with Gasteiger partial charge in [0.05, 0.1) is 31.6 Å². The number of rotatable bonds is 7. The fourth-order valence-electron chi connectivity index (χ4n) is 1.70. The van der Waals surface area contributed by atoms with Gasteiger partial charge in [0.2, 0.25) is 5.91 Å². The Hall–Kier alpha value is -1.69. The van der Waals surface area contributed by atoms with Crippen LogP contribution in [0.3, 0.4) is 0 Å². The lowest BCUT2D eigenvalue weighted by atomic mass is 10.2. The van der Waals surface area contributed by atoms with Crippen LogP contribution in [0.15, 0.2) is 18.2 Å². The van der Waals surface area contributed by atoms with E-state index in [9.17, 15) is 9.59 Å². The highest BCUT2D eigenvalue weighted by atomic mass is 32.2. The van der Waals surface area contributed by atoms with Crippen LogP contribution >= 0.6 is 11.8 Å². The van der Waals surface area contributed by atoms with Gasteiger partial charge in [-0.3, -0.25) is 9.59 Å². The molecule has 1 N–H and O–H groups in total. The van der Waals surface area contributed by atoms with Gasteiger partial charge in [0.1, 0.15) is 5.75 Å². The number of thioether (sulfide) groups is 1. The zero-order chi connectivity index (χ0) is 15.8. The fourth-order valence-corrected chi connectivity index (χ4v) is 2.57. The Bertz CT molecular complexity index is 504. The predicted octanol–water partition coefficient (Wildman–Crippen LogP) is 2.48. The Morgan fingerprint density at radius 2 is 2.05 bits per heavy atom. The average molecular weight is 311 g/mol. The SMILES string of the molecule is COC(=O)C(C)CSCC(=O)Nc1cc(C)ccc1OC. The van der Waals surface area contributed by atoms with Gasteiger partial charge in [-0.2, -0.15) is 11.8 Å². The Kier molecular flexibility index (Phi) is 7.08. The minimum absolute atomic E-state index is 0.124. The van der Waals surface area contributed by atoms with Gasteiger partial charge in [0.25, 0.3) is 0 Å². The molecule has 1 atom stereocenters. The molecule has 1 aromatic rings. The van der Waals surface area contributed by atoms with Crippen molar-refractivity contribution in [3.8, 4) is 5.75 Å². The molecule has 0 aliphatic heterocycles. The first-order chi connectivity index (χ1) is 9.97. The van der Waals surface area contributed by atoms with E-state index in [1.54, 1.807) is 14.0 Å². The molecule has 0 spiro atoms. The minimum atomic E-state index is -0.261. The van der Waals surface area contributed by atoms with Crippen molar-refractivity contribution in [2.45, 2.75) is 13.8 Å². The number of aryl methyl sites for hydroxylation is 1. The number of anilines is 1. The van der Waals surface area contributed by atoms with Gasteiger partial charge >= 0.3 is 5.97 Å². The van der Waals surface area contributed by atoms with Gasteiger partial charge in [0, 0.05) is 5.75 Å². The zero-order valence-electron chi connectivity index (χ0n) is 12.8. The van der Waals surface area contributed by atoms with Crippen LogP contribution in [-0.2, 0) is 14.3 Å². The van der Waals surface area contributed by atoms with Crippen LogP contribution in [0.25, 0.3) is 0 Å². The third-order valence-electron chi connectivity index (χ3n) is 2.83. The predicted molar refractivity (Wildman–Crippen MR) is 84.9 cm³/mol. The molecule has 0 saturated heterocycles. The maximum Gasteiger partial charge on any atom is 0.309 e. The Balaban J connectivity index is 2.47. The number of methoxy groups -OCH3 is 2. The van der Waals surface area contributed by atoms with Crippen molar-refractivity contribution < 1.29 is 19.1 Å². The number of hydrogen-bond donors (Lipinski definition) is 1. The number of amides is 1. The van der Waals surface area contributed by atoms with Crippen LogP contribution in [-0.4, -0.2) is 37.6 Å². The smallest absolute Gasteiger partial charge is 0.309 e. The quantitative estimate of drug-likeness (QED) is 0.784. The van der Waals surface area contributed by atoms with Crippen LogP contribution in [0.4, 0.5) is 5.69 Å². The number of carbonyl (C=O) groups is 2. The first-order valence-corrected chi connectivity index (χ1v) is 7.73. The molecule has 1 unspecified atom stereocenters.